The molecule has 1 saturated heterocycles. The highest BCUT2D eigenvalue weighted by Gasteiger charge is 2.36. The highest BCUT2D eigenvalue weighted by Crippen LogP contribution is 2.34. The van der Waals surface area contributed by atoms with Crippen LogP contribution in [0, 0.1) is 5.82 Å². The summed E-state index contributed by atoms with van der Waals surface area (Å²) < 4.78 is 40.6. The molecule has 1 N–H and O–H groups in total. The number of aliphatic hydroxyl groups is 1. The quantitative estimate of drug-likeness (QED) is 0.907. The smallest absolute Gasteiger partial charge is 0.246 e. The SMILES string of the molecule is CC1(C)CN(S(=O)(=O)c2cc(Cl)cc(CO)c2F)CCS1. The highest BCUT2D eigenvalue weighted by atomic mass is 35.5. The Hall–Kier alpha value is -0.340. The zero-order valence-electron chi connectivity index (χ0n) is 11.8. The van der Waals surface area contributed by atoms with Gasteiger partial charge in [-0.05, 0) is 26.0 Å². The Balaban J connectivity index is 2.47. The van der Waals surface area contributed by atoms with Crippen LogP contribution >= 0.6 is 23.4 Å². The van der Waals surface area contributed by atoms with Crippen LogP contribution in [0.15, 0.2) is 17.0 Å². The van der Waals surface area contributed by atoms with Crippen molar-refractivity contribution in [3.05, 3.63) is 28.5 Å². The first-order valence-corrected chi connectivity index (χ1v) is 9.20. The molecular formula is C13H17ClFNO3S2. The van der Waals surface area contributed by atoms with Crippen LogP contribution in [0.2, 0.25) is 5.02 Å². The van der Waals surface area contributed by atoms with Gasteiger partial charge in [0, 0.05) is 34.2 Å². The number of sulfonamides is 1. The van der Waals surface area contributed by atoms with Crippen LogP contribution in [0.1, 0.15) is 19.4 Å². The zero-order valence-corrected chi connectivity index (χ0v) is 14.2. The molecule has 21 heavy (non-hydrogen) atoms. The molecule has 0 aromatic heterocycles. The molecule has 8 heteroatoms. The summed E-state index contributed by atoms with van der Waals surface area (Å²) in [7, 11) is -3.97. The standard InChI is InChI=1S/C13H17ClFNO3S2/c1-13(2)8-16(3-4-20-13)21(18,19)11-6-10(14)5-9(7-17)12(11)15/h5-6,17H,3-4,7-8H2,1-2H3. The van der Waals surface area contributed by atoms with E-state index < -0.39 is 27.3 Å². The molecule has 1 aromatic rings. The number of benzene rings is 1. The summed E-state index contributed by atoms with van der Waals surface area (Å²) in [5, 5.41) is 9.20. The number of rotatable bonds is 3. The van der Waals surface area contributed by atoms with Crippen LogP contribution in [0.25, 0.3) is 0 Å². The number of hydrogen-bond donors (Lipinski definition) is 1. The molecule has 0 unspecified atom stereocenters. The van der Waals surface area contributed by atoms with Gasteiger partial charge in [-0.15, -0.1) is 0 Å². The third-order valence-corrected chi connectivity index (χ3v) is 6.62. The largest absolute Gasteiger partial charge is 0.392 e. The van der Waals surface area contributed by atoms with Gasteiger partial charge in [0.15, 0.2) is 0 Å². The van der Waals surface area contributed by atoms with Crippen LogP contribution in [0.4, 0.5) is 4.39 Å². The van der Waals surface area contributed by atoms with Crippen molar-refractivity contribution in [2.45, 2.75) is 30.1 Å². The Labute approximate surface area is 133 Å². The maximum Gasteiger partial charge on any atom is 0.246 e. The lowest BCUT2D eigenvalue weighted by atomic mass is 10.2. The van der Waals surface area contributed by atoms with Crippen molar-refractivity contribution in [1.29, 1.82) is 0 Å². The van der Waals surface area contributed by atoms with E-state index in [0.29, 0.717) is 18.8 Å². The summed E-state index contributed by atoms with van der Waals surface area (Å²) in [6.07, 6.45) is 0. The van der Waals surface area contributed by atoms with E-state index in [2.05, 4.69) is 0 Å². The van der Waals surface area contributed by atoms with Crippen LogP contribution in [-0.4, -0.2) is 41.4 Å². The number of thioether (sulfide) groups is 1. The lowest BCUT2D eigenvalue weighted by Gasteiger charge is -2.36. The minimum absolute atomic E-state index is 0.0877. The molecule has 0 spiro atoms. The van der Waals surface area contributed by atoms with E-state index >= 15 is 0 Å². The first kappa shape index (κ1) is 17.0. The summed E-state index contributed by atoms with van der Waals surface area (Å²) >= 11 is 7.52. The second kappa shape index (κ2) is 6.04. The summed E-state index contributed by atoms with van der Waals surface area (Å²) in [5.41, 5.74) is -0.119. The average molecular weight is 354 g/mol. The molecular weight excluding hydrogens is 337 g/mol. The number of aliphatic hydroxyl groups excluding tert-OH is 1. The molecule has 0 bridgehead atoms. The topological polar surface area (TPSA) is 57.6 Å². The van der Waals surface area contributed by atoms with E-state index in [4.69, 9.17) is 16.7 Å². The molecule has 0 atom stereocenters. The van der Waals surface area contributed by atoms with E-state index in [1.165, 1.54) is 10.4 Å². The molecule has 1 aliphatic rings. The fraction of sp³-hybridized carbons (Fsp3) is 0.538. The molecule has 1 heterocycles. The number of hydrogen-bond acceptors (Lipinski definition) is 4. The fourth-order valence-corrected chi connectivity index (χ4v) is 5.59. The van der Waals surface area contributed by atoms with Gasteiger partial charge in [-0.3, -0.25) is 0 Å². The molecule has 0 saturated carbocycles. The van der Waals surface area contributed by atoms with Gasteiger partial charge in [-0.2, -0.15) is 16.1 Å². The summed E-state index contributed by atoms with van der Waals surface area (Å²) in [4.78, 5) is -0.471. The normalized spacial score (nSPS) is 19.7. The maximum absolute atomic E-state index is 14.3. The van der Waals surface area contributed by atoms with Crippen molar-refractivity contribution in [3.8, 4) is 0 Å². The molecule has 1 fully saturated rings. The van der Waals surface area contributed by atoms with E-state index in [9.17, 15) is 12.8 Å². The zero-order chi connectivity index (χ0) is 15.8. The predicted molar refractivity (Wildman–Crippen MR) is 82.6 cm³/mol. The van der Waals surface area contributed by atoms with Crippen molar-refractivity contribution in [2.75, 3.05) is 18.8 Å². The molecule has 4 nitrogen and oxygen atoms in total. The average Bonchev–Trinajstić information content (AvgIpc) is 2.39. The Morgan fingerprint density at radius 2 is 2.14 bits per heavy atom. The van der Waals surface area contributed by atoms with Gasteiger partial charge in [-0.1, -0.05) is 11.6 Å². The van der Waals surface area contributed by atoms with Gasteiger partial charge in [0.1, 0.15) is 10.7 Å². The van der Waals surface area contributed by atoms with E-state index in [1.807, 2.05) is 13.8 Å². The summed E-state index contributed by atoms with van der Waals surface area (Å²) in [6, 6.07) is 2.33. The van der Waals surface area contributed by atoms with Crippen molar-refractivity contribution < 1.29 is 17.9 Å². The molecule has 0 amide bonds. The second-order valence-electron chi connectivity index (χ2n) is 5.48. The molecule has 118 valence electrons. The van der Waals surface area contributed by atoms with Crippen molar-refractivity contribution in [3.63, 3.8) is 0 Å². The molecule has 1 aromatic carbocycles. The number of nitrogens with zero attached hydrogens (tertiary/aromatic N) is 1. The van der Waals surface area contributed by atoms with Crippen molar-refractivity contribution in [1.82, 2.24) is 4.31 Å². The van der Waals surface area contributed by atoms with E-state index in [1.54, 1.807) is 11.8 Å². The molecule has 0 radical (unpaired) electrons. The van der Waals surface area contributed by atoms with Gasteiger partial charge in [0.2, 0.25) is 10.0 Å². The lowest BCUT2D eigenvalue weighted by molar-refractivity contribution is 0.274. The van der Waals surface area contributed by atoms with Crippen LogP contribution in [0.3, 0.4) is 0 Å². The Kier molecular flexibility index (Phi) is 4.90. The molecule has 2 rings (SSSR count). The highest BCUT2D eigenvalue weighted by molar-refractivity contribution is 8.00. The van der Waals surface area contributed by atoms with E-state index in [0.717, 1.165) is 6.07 Å². The molecule has 1 aliphatic heterocycles. The lowest BCUT2D eigenvalue weighted by Crippen LogP contribution is -2.46. The first-order valence-electron chi connectivity index (χ1n) is 6.40. The minimum Gasteiger partial charge on any atom is -0.392 e. The fourth-order valence-electron chi connectivity index (χ4n) is 2.24. The van der Waals surface area contributed by atoms with Crippen LogP contribution < -0.4 is 0 Å². The van der Waals surface area contributed by atoms with Gasteiger partial charge in [-0.25, -0.2) is 12.8 Å². The first-order chi connectivity index (χ1) is 9.67. The van der Waals surface area contributed by atoms with Gasteiger partial charge < -0.3 is 5.11 Å². The maximum atomic E-state index is 14.3. The van der Waals surface area contributed by atoms with Gasteiger partial charge >= 0.3 is 0 Å². The monoisotopic (exact) mass is 353 g/mol. The molecule has 0 aliphatic carbocycles. The van der Waals surface area contributed by atoms with Crippen LogP contribution in [0.5, 0.6) is 0 Å². The summed E-state index contributed by atoms with van der Waals surface area (Å²) in [5.74, 6) is -0.278. The summed E-state index contributed by atoms with van der Waals surface area (Å²) in [6.45, 7) is 3.94. The van der Waals surface area contributed by atoms with Crippen molar-refractivity contribution >= 4 is 33.4 Å². The predicted octanol–water partition coefficient (Wildman–Crippen LogP) is 2.49. The van der Waals surface area contributed by atoms with Gasteiger partial charge in [0.05, 0.1) is 6.61 Å². The third-order valence-electron chi connectivity index (χ3n) is 3.26. The Morgan fingerprint density at radius 3 is 2.71 bits per heavy atom. The second-order valence-corrected chi connectivity index (χ2v) is 9.63. The Bertz CT molecular complexity index is 649. The third kappa shape index (κ3) is 3.53. The van der Waals surface area contributed by atoms with Crippen molar-refractivity contribution in [2.24, 2.45) is 0 Å². The Morgan fingerprint density at radius 1 is 1.48 bits per heavy atom. The van der Waals surface area contributed by atoms with Crippen LogP contribution in [-0.2, 0) is 16.6 Å². The van der Waals surface area contributed by atoms with E-state index in [-0.39, 0.29) is 15.3 Å². The number of halogens is 2. The van der Waals surface area contributed by atoms with Gasteiger partial charge in [0.25, 0.3) is 0 Å². The minimum atomic E-state index is -3.97.